The van der Waals surface area contributed by atoms with Crippen LogP contribution in [-0.4, -0.2) is 124 Å². The molecule has 20 nitrogen and oxygen atoms in total. The van der Waals surface area contributed by atoms with Gasteiger partial charge in [-0.15, -0.1) is 0 Å². The van der Waals surface area contributed by atoms with Crippen molar-refractivity contribution in [3.8, 4) is 0 Å². The topological polar surface area (TPSA) is 356 Å². The Hall–Kier alpha value is -4.40. The normalized spacial score (nSPS) is 15.2. The van der Waals surface area contributed by atoms with Gasteiger partial charge in [-0.2, -0.15) is 0 Å². The first kappa shape index (κ1) is 44.6. The molecule has 0 aromatic rings. The lowest BCUT2D eigenvalue weighted by Gasteiger charge is -2.27. The SMILES string of the molecule is CCC(C)C(NC(=O)C(CC(=O)O)NC(=O)C(CCCCN)NC(=O)C(CCCCN)NC(=O)C(CO)NC(=O)C(N)CC(=O)O)C(=O)O. The van der Waals surface area contributed by atoms with Crippen molar-refractivity contribution in [2.45, 2.75) is 108 Å². The molecule has 0 rings (SSSR count). The van der Waals surface area contributed by atoms with E-state index in [1.54, 1.807) is 13.8 Å². The van der Waals surface area contributed by atoms with E-state index < -0.39 is 109 Å². The van der Waals surface area contributed by atoms with Gasteiger partial charge in [0.2, 0.25) is 29.5 Å². The third-order valence-electron chi connectivity index (χ3n) is 7.50. The molecule has 0 bridgehead atoms. The van der Waals surface area contributed by atoms with Crippen LogP contribution in [0.3, 0.4) is 0 Å². The fourth-order valence-electron chi connectivity index (χ4n) is 4.41. The van der Waals surface area contributed by atoms with E-state index in [9.17, 15) is 53.7 Å². The van der Waals surface area contributed by atoms with Crippen LogP contribution >= 0.6 is 0 Å². The van der Waals surface area contributed by atoms with E-state index in [-0.39, 0.29) is 25.9 Å². The standard InChI is InChI=1S/C29H52N8O12/c1-3-15(2)23(29(48)49)37-27(46)19(13-22(41)42)35-26(45)18(9-5-7-11-31)33-25(44)17(8-4-6-10-30)34-28(47)20(14-38)36-24(43)16(32)12-21(39)40/h15-20,23,38H,3-14,30-32H2,1-2H3,(H,33,44)(H,34,47)(H,35,45)(H,36,43)(H,37,46)(H,39,40)(H,41,42)(H,48,49). The zero-order valence-electron chi connectivity index (χ0n) is 27.8. The van der Waals surface area contributed by atoms with E-state index in [1.807, 2.05) is 0 Å². The van der Waals surface area contributed by atoms with Crippen molar-refractivity contribution in [3.63, 3.8) is 0 Å². The van der Waals surface area contributed by atoms with E-state index in [2.05, 4.69) is 26.6 Å². The second-order valence-electron chi connectivity index (χ2n) is 11.5. The van der Waals surface area contributed by atoms with Gasteiger partial charge >= 0.3 is 17.9 Å². The first-order valence-electron chi connectivity index (χ1n) is 16.0. The van der Waals surface area contributed by atoms with E-state index in [0.717, 1.165) is 0 Å². The molecule has 15 N–H and O–H groups in total. The molecule has 7 atom stereocenters. The lowest BCUT2D eigenvalue weighted by Crippen LogP contribution is -2.60. The highest BCUT2D eigenvalue weighted by Crippen LogP contribution is 2.10. The summed E-state index contributed by atoms with van der Waals surface area (Å²) in [6, 6.07) is -8.96. The molecule has 0 saturated carbocycles. The minimum absolute atomic E-state index is 0.00717. The summed E-state index contributed by atoms with van der Waals surface area (Å²) in [5.41, 5.74) is 16.6. The van der Waals surface area contributed by atoms with Crippen molar-refractivity contribution in [2.75, 3.05) is 19.7 Å². The Morgan fingerprint density at radius 3 is 1.39 bits per heavy atom. The first-order chi connectivity index (χ1) is 23.0. The van der Waals surface area contributed by atoms with Gasteiger partial charge < -0.3 is 64.2 Å². The predicted molar refractivity (Wildman–Crippen MR) is 172 cm³/mol. The average molecular weight is 705 g/mol. The molecule has 5 amide bonds. The number of hydrogen-bond acceptors (Lipinski definition) is 12. The molecular weight excluding hydrogens is 652 g/mol. The van der Waals surface area contributed by atoms with Crippen molar-refractivity contribution in [3.05, 3.63) is 0 Å². The van der Waals surface area contributed by atoms with Gasteiger partial charge in [-0.05, 0) is 57.5 Å². The fourth-order valence-corrected chi connectivity index (χ4v) is 4.41. The number of aliphatic carboxylic acids is 3. The van der Waals surface area contributed by atoms with Gasteiger partial charge in [-0.1, -0.05) is 20.3 Å². The van der Waals surface area contributed by atoms with E-state index in [1.165, 1.54) is 0 Å². The van der Waals surface area contributed by atoms with Crippen molar-refractivity contribution in [1.82, 2.24) is 26.6 Å². The zero-order chi connectivity index (χ0) is 37.7. The van der Waals surface area contributed by atoms with Gasteiger partial charge in [0.15, 0.2) is 0 Å². The Balaban J connectivity index is 6.11. The Morgan fingerprint density at radius 2 is 1.00 bits per heavy atom. The summed E-state index contributed by atoms with van der Waals surface area (Å²) in [7, 11) is 0. The van der Waals surface area contributed by atoms with E-state index in [0.29, 0.717) is 32.1 Å². The minimum Gasteiger partial charge on any atom is -0.481 e. The molecule has 0 aromatic heterocycles. The van der Waals surface area contributed by atoms with Crippen LogP contribution in [0.15, 0.2) is 0 Å². The van der Waals surface area contributed by atoms with Crippen molar-refractivity contribution < 1.29 is 58.8 Å². The second-order valence-corrected chi connectivity index (χ2v) is 11.5. The number of carboxylic acids is 3. The second kappa shape index (κ2) is 23.8. The number of aliphatic hydroxyl groups is 1. The number of nitrogens with two attached hydrogens (primary N) is 3. The molecule has 49 heavy (non-hydrogen) atoms. The number of carboxylic acid groups (broad SMARTS) is 3. The summed E-state index contributed by atoms with van der Waals surface area (Å²) < 4.78 is 0. The number of rotatable bonds is 26. The Bertz CT molecular complexity index is 1140. The van der Waals surface area contributed by atoms with Crippen LogP contribution < -0.4 is 43.8 Å². The van der Waals surface area contributed by atoms with Crippen molar-refractivity contribution in [1.29, 1.82) is 0 Å². The fraction of sp³-hybridized carbons (Fsp3) is 0.724. The Morgan fingerprint density at radius 1 is 0.592 bits per heavy atom. The molecule has 0 aliphatic rings. The molecule has 0 aliphatic carbocycles. The van der Waals surface area contributed by atoms with Gasteiger partial charge in [0, 0.05) is 0 Å². The predicted octanol–water partition coefficient (Wildman–Crippen LogP) is -3.93. The molecule has 0 radical (unpaired) electrons. The highest BCUT2D eigenvalue weighted by molar-refractivity contribution is 5.97. The average Bonchev–Trinajstić information content (AvgIpc) is 3.03. The van der Waals surface area contributed by atoms with Crippen LogP contribution in [0.2, 0.25) is 0 Å². The smallest absolute Gasteiger partial charge is 0.326 e. The molecule has 280 valence electrons. The number of carbonyl (C=O) groups excluding carboxylic acids is 5. The Labute approximate surface area is 283 Å². The third-order valence-corrected chi connectivity index (χ3v) is 7.50. The summed E-state index contributed by atoms with van der Waals surface area (Å²) in [5, 5.41) is 49.0. The van der Waals surface area contributed by atoms with Crippen molar-refractivity contribution in [2.24, 2.45) is 23.1 Å². The van der Waals surface area contributed by atoms with E-state index >= 15 is 0 Å². The number of hydrogen-bond donors (Lipinski definition) is 12. The van der Waals surface area contributed by atoms with Gasteiger partial charge in [-0.25, -0.2) is 4.79 Å². The maximum atomic E-state index is 13.5. The van der Waals surface area contributed by atoms with Gasteiger partial charge in [0.05, 0.1) is 25.5 Å². The van der Waals surface area contributed by atoms with Gasteiger partial charge in [-0.3, -0.25) is 33.6 Å². The lowest BCUT2D eigenvalue weighted by molar-refractivity contribution is -0.145. The zero-order valence-corrected chi connectivity index (χ0v) is 27.8. The van der Waals surface area contributed by atoms with Crippen LogP contribution in [0.4, 0.5) is 0 Å². The van der Waals surface area contributed by atoms with Gasteiger partial charge in [0.25, 0.3) is 0 Å². The molecule has 0 fully saturated rings. The summed E-state index contributed by atoms with van der Waals surface area (Å²) in [4.78, 5) is 99.2. The number of aliphatic hydroxyl groups excluding tert-OH is 1. The van der Waals surface area contributed by atoms with Gasteiger partial charge in [0.1, 0.15) is 30.2 Å². The monoisotopic (exact) mass is 704 g/mol. The highest BCUT2D eigenvalue weighted by Gasteiger charge is 2.34. The van der Waals surface area contributed by atoms with Crippen LogP contribution in [0.5, 0.6) is 0 Å². The third kappa shape index (κ3) is 17.5. The maximum Gasteiger partial charge on any atom is 0.326 e. The number of nitrogens with one attached hydrogen (secondary N) is 5. The minimum atomic E-state index is -1.72. The summed E-state index contributed by atoms with van der Waals surface area (Å²) >= 11 is 0. The van der Waals surface area contributed by atoms with Crippen LogP contribution in [0.25, 0.3) is 0 Å². The number of carbonyl (C=O) groups is 8. The molecular formula is C29H52N8O12. The summed E-state index contributed by atoms with van der Waals surface area (Å²) in [6.45, 7) is 2.81. The Kier molecular flexibility index (Phi) is 21.7. The molecule has 0 aliphatic heterocycles. The van der Waals surface area contributed by atoms with E-state index in [4.69, 9.17) is 22.3 Å². The summed E-state index contributed by atoms with van der Waals surface area (Å²) in [5.74, 6) is -9.73. The number of amides is 5. The molecule has 0 spiro atoms. The number of unbranched alkanes of at least 4 members (excludes halogenated alkanes) is 2. The quantitative estimate of drug-likeness (QED) is 0.0383. The molecule has 0 saturated heterocycles. The van der Waals surface area contributed by atoms with Crippen LogP contribution in [0.1, 0.15) is 71.6 Å². The molecule has 20 heteroatoms. The highest BCUT2D eigenvalue weighted by atomic mass is 16.4. The van der Waals surface area contributed by atoms with Crippen LogP contribution in [0, 0.1) is 5.92 Å². The first-order valence-corrected chi connectivity index (χ1v) is 16.0. The molecule has 0 heterocycles. The molecule has 7 unspecified atom stereocenters. The van der Waals surface area contributed by atoms with Crippen molar-refractivity contribution >= 4 is 47.4 Å². The summed E-state index contributed by atoms with van der Waals surface area (Å²) in [6.07, 6.45) is 0.158. The van der Waals surface area contributed by atoms with Crippen LogP contribution in [-0.2, 0) is 38.4 Å². The lowest BCUT2D eigenvalue weighted by atomic mass is 9.98. The molecule has 0 aromatic carbocycles. The largest absolute Gasteiger partial charge is 0.481 e. The maximum absolute atomic E-state index is 13.5.